The number of anilines is 1. The SMILES string of the molecule is CCC(C(=O)NCC(C)C)N(Cc1cccc(C)c1)C(=O)CN(c1cccc(C(F)(F)F)c1)S(=O)(=O)c1ccc(C)cc1. The number of halogens is 3. The fourth-order valence-electron chi connectivity index (χ4n) is 4.55. The predicted octanol–water partition coefficient (Wildman–Crippen LogP) is 6.10. The largest absolute Gasteiger partial charge is 0.416 e. The first-order valence-electron chi connectivity index (χ1n) is 14.0. The number of benzene rings is 3. The van der Waals surface area contributed by atoms with Crippen LogP contribution in [0, 0.1) is 19.8 Å². The lowest BCUT2D eigenvalue weighted by atomic mass is 10.1. The van der Waals surface area contributed by atoms with E-state index in [0.29, 0.717) is 16.9 Å². The van der Waals surface area contributed by atoms with Gasteiger partial charge in [-0.15, -0.1) is 0 Å². The van der Waals surface area contributed by atoms with E-state index in [9.17, 15) is 31.2 Å². The summed E-state index contributed by atoms with van der Waals surface area (Å²) in [6.07, 6.45) is -4.51. The minimum atomic E-state index is -4.74. The Bertz CT molecular complexity index is 1520. The Labute approximate surface area is 251 Å². The summed E-state index contributed by atoms with van der Waals surface area (Å²) in [6, 6.07) is 16.0. The van der Waals surface area contributed by atoms with Crippen molar-refractivity contribution < 1.29 is 31.2 Å². The first kappa shape index (κ1) is 33.6. The van der Waals surface area contributed by atoms with E-state index in [1.165, 1.54) is 23.1 Å². The molecule has 2 amide bonds. The number of aryl methyl sites for hydroxylation is 2. The van der Waals surface area contributed by atoms with Gasteiger partial charge >= 0.3 is 6.18 Å². The van der Waals surface area contributed by atoms with Gasteiger partial charge in [-0.3, -0.25) is 13.9 Å². The monoisotopic (exact) mass is 617 g/mol. The highest BCUT2D eigenvalue weighted by Gasteiger charge is 2.36. The van der Waals surface area contributed by atoms with Crippen molar-refractivity contribution >= 4 is 27.5 Å². The third-order valence-electron chi connectivity index (χ3n) is 6.86. The second-order valence-electron chi connectivity index (χ2n) is 10.9. The Kier molecular flexibility index (Phi) is 11.0. The zero-order valence-corrected chi connectivity index (χ0v) is 25.8. The van der Waals surface area contributed by atoms with Crippen LogP contribution in [-0.2, 0) is 32.3 Å². The van der Waals surface area contributed by atoms with E-state index < -0.39 is 46.2 Å². The van der Waals surface area contributed by atoms with Crippen LogP contribution < -0.4 is 9.62 Å². The van der Waals surface area contributed by atoms with E-state index >= 15 is 0 Å². The summed E-state index contributed by atoms with van der Waals surface area (Å²) in [4.78, 5) is 28.5. The number of carbonyl (C=O) groups is 2. The van der Waals surface area contributed by atoms with Crippen LogP contribution >= 0.6 is 0 Å². The smallest absolute Gasteiger partial charge is 0.354 e. The van der Waals surface area contributed by atoms with Gasteiger partial charge in [-0.2, -0.15) is 13.2 Å². The molecule has 0 radical (unpaired) electrons. The fraction of sp³-hybridized carbons (Fsp3) is 0.375. The average Bonchev–Trinajstić information content (AvgIpc) is 2.94. The van der Waals surface area contributed by atoms with Crippen LogP contribution in [0.5, 0.6) is 0 Å². The quantitative estimate of drug-likeness (QED) is 0.266. The fourth-order valence-corrected chi connectivity index (χ4v) is 5.96. The first-order valence-corrected chi connectivity index (χ1v) is 15.5. The maximum atomic E-state index is 14.1. The summed E-state index contributed by atoms with van der Waals surface area (Å²) in [7, 11) is -4.50. The summed E-state index contributed by atoms with van der Waals surface area (Å²) < 4.78 is 69.4. The normalized spacial score (nSPS) is 12.6. The van der Waals surface area contributed by atoms with Crippen LogP contribution in [0.15, 0.2) is 77.7 Å². The van der Waals surface area contributed by atoms with Gasteiger partial charge in [0.05, 0.1) is 16.1 Å². The summed E-state index contributed by atoms with van der Waals surface area (Å²) in [6.45, 7) is 8.80. The van der Waals surface area contributed by atoms with Crippen LogP contribution in [0.25, 0.3) is 0 Å². The van der Waals surface area contributed by atoms with Crippen LogP contribution in [0.4, 0.5) is 18.9 Å². The molecule has 1 N–H and O–H groups in total. The van der Waals surface area contributed by atoms with Crippen molar-refractivity contribution in [1.82, 2.24) is 10.2 Å². The Hall–Kier alpha value is -3.86. The second kappa shape index (κ2) is 14.1. The number of carbonyl (C=O) groups excluding carboxylic acids is 2. The van der Waals surface area contributed by atoms with Gasteiger partial charge in [0.15, 0.2) is 0 Å². The zero-order chi connectivity index (χ0) is 31.9. The molecule has 0 heterocycles. The van der Waals surface area contributed by atoms with Crippen molar-refractivity contribution in [1.29, 1.82) is 0 Å². The van der Waals surface area contributed by atoms with Gasteiger partial charge in [-0.05, 0) is 62.1 Å². The summed E-state index contributed by atoms with van der Waals surface area (Å²) in [5, 5.41) is 2.85. The van der Waals surface area contributed by atoms with Crippen molar-refractivity contribution in [3.63, 3.8) is 0 Å². The lowest BCUT2D eigenvalue weighted by Gasteiger charge is -2.33. The van der Waals surface area contributed by atoms with Gasteiger partial charge in [-0.25, -0.2) is 8.42 Å². The van der Waals surface area contributed by atoms with E-state index in [-0.39, 0.29) is 29.5 Å². The highest BCUT2D eigenvalue weighted by Crippen LogP contribution is 2.33. The highest BCUT2D eigenvalue weighted by atomic mass is 32.2. The molecule has 0 saturated carbocycles. The van der Waals surface area contributed by atoms with Gasteiger partial charge in [0, 0.05) is 13.1 Å². The molecular weight excluding hydrogens is 579 g/mol. The van der Waals surface area contributed by atoms with Gasteiger partial charge < -0.3 is 10.2 Å². The van der Waals surface area contributed by atoms with Gasteiger partial charge in [-0.1, -0.05) is 74.4 Å². The molecule has 0 aromatic heterocycles. The lowest BCUT2D eigenvalue weighted by Crippen LogP contribution is -2.52. The lowest BCUT2D eigenvalue weighted by molar-refractivity contribution is -0.140. The standard InChI is InChI=1S/C32H38F3N3O4S/c1-6-29(31(40)36-19-22(2)3)37(20-25-10-7-9-24(5)17-25)30(39)21-38(27-12-8-11-26(18-27)32(33,34)35)43(41,42)28-15-13-23(4)14-16-28/h7-18,22,29H,6,19-21H2,1-5H3,(H,36,40). The van der Waals surface area contributed by atoms with Crippen molar-refractivity contribution in [2.75, 3.05) is 17.4 Å². The molecule has 7 nitrogen and oxygen atoms in total. The number of hydrogen-bond donors (Lipinski definition) is 1. The number of nitrogens with one attached hydrogen (secondary N) is 1. The van der Waals surface area contributed by atoms with Crippen LogP contribution in [0.3, 0.4) is 0 Å². The van der Waals surface area contributed by atoms with Crippen LogP contribution in [0.1, 0.15) is 49.4 Å². The molecule has 1 atom stereocenters. The molecule has 11 heteroatoms. The first-order chi connectivity index (χ1) is 20.1. The van der Waals surface area contributed by atoms with Crippen molar-refractivity contribution in [2.24, 2.45) is 5.92 Å². The molecule has 0 spiro atoms. The Balaban J connectivity index is 2.11. The third kappa shape index (κ3) is 8.82. The maximum absolute atomic E-state index is 14.1. The third-order valence-corrected chi connectivity index (χ3v) is 8.64. The molecule has 43 heavy (non-hydrogen) atoms. The van der Waals surface area contributed by atoms with Gasteiger partial charge in [0.25, 0.3) is 10.0 Å². The number of sulfonamides is 1. The Morgan fingerprint density at radius 1 is 0.907 bits per heavy atom. The number of alkyl halides is 3. The summed E-state index contributed by atoms with van der Waals surface area (Å²) in [5.41, 5.74) is 1.04. The molecule has 0 bridgehead atoms. The highest BCUT2D eigenvalue weighted by molar-refractivity contribution is 7.92. The van der Waals surface area contributed by atoms with Gasteiger partial charge in [0.1, 0.15) is 12.6 Å². The number of amides is 2. The number of nitrogens with zero attached hydrogens (tertiary/aromatic N) is 2. The maximum Gasteiger partial charge on any atom is 0.416 e. The molecule has 1 unspecified atom stereocenters. The van der Waals surface area contributed by atoms with E-state index in [1.807, 2.05) is 39.0 Å². The van der Waals surface area contributed by atoms with Crippen molar-refractivity contribution in [3.05, 3.63) is 95.1 Å². The van der Waals surface area contributed by atoms with E-state index in [0.717, 1.165) is 28.8 Å². The molecule has 0 aliphatic heterocycles. The minimum absolute atomic E-state index is 0.00483. The Morgan fingerprint density at radius 2 is 1.56 bits per heavy atom. The second-order valence-corrected chi connectivity index (χ2v) is 12.8. The topological polar surface area (TPSA) is 86.8 Å². The minimum Gasteiger partial charge on any atom is -0.354 e. The summed E-state index contributed by atoms with van der Waals surface area (Å²) >= 11 is 0. The molecule has 0 aliphatic carbocycles. The molecule has 3 aromatic carbocycles. The zero-order valence-electron chi connectivity index (χ0n) is 25.0. The molecule has 0 aliphatic rings. The number of hydrogen-bond acceptors (Lipinski definition) is 4. The van der Waals surface area contributed by atoms with E-state index in [1.54, 1.807) is 32.0 Å². The van der Waals surface area contributed by atoms with Crippen molar-refractivity contribution in [3.8, 4) is 0 Å². The molecule has 3 rings (SSSR count). The Morgan fingerprint density at radius 3 is 2.14 bits per heavy atom. The molecule has 0 fully saturated rings. The molecule has 232 valence electrons. The van der Waals surface area contributed by atoms with E-state index in [2.05, 4.69) is 5.32 Å². The van der Waals surface area contributed by atoms with Crippen LogP contribution in [0.2, 0.25) is 0 Å². The molecule has 3 aromatic rings. The average molecular weight is 618 g/mol. The van der Waals surface area contributed by atoms with E-state index in [4.69, 9.17) is 0 Å². The molecular formula is C32H38F3N3O4S. The number of rotatable bonds is 12. The molecule has 0 saturated heterocycles. The van der Waals surface area contributed by atoms with Crippen LogP contribution in [-0.4, -0.2) is 44.3 Å². The summed E-state index contributed by atoms with van der Waals surface area (Å²) in [5.74, 6) is -0.983. The predicted molar refractivity (Wildman–Crippen MR) is 161 cm³/mol. The van der Waals surface area contributed by atoms with Gasteiger partial charge in [0.2, 0.25) is 11.8 Å². The van der Waals surface area contributed by atoms with Crippen molar-refractivity contribution in [2.45, 2.75) is 64.7 Å².